The molecular weight excluding hydrogens is 368 g/mol. The van der Waals surface area contributed by atoms with Gasteiger partial charge in [0.2, 0.25) is 0 Å². The second kappa shape index (κ2) is 9.95. The minimum Gasteiger partial charge on any atom is -0.380 e. The normalized spacial score (nSPS) is 40.8. The van der Waals surface area contributed by atoms with E-state index in [1.54, 1.807) is 0 Å². The molecule has 0 N–H and O–H groups in total. The molecule has 2 aliphatic heterocycles. The molecule has 2 atom stereocenters. The van der Waals surface area contributed by atoms with Crippen LogP contribution in [0.1, 0.15) is 51.4 Å². The first-order chi connectivity index (χ1) is 12.3. The smallest absolute Gasteiger partial charge is 0.0593 e. The summed E-state index contributed by atoms with van der Waals surface area (Å²) in [6.45, 7) is 4.06. The van der Waals surface area contributed by atoms with E-state index in [2.05, 4.69) is 11.8 Å². The first kappa shape index (κ1) is 19.3. The zero-order valence-corrected chi connectivity index (χ0v) is 17.9. The zero-order valence-electron chi connectivity index (χ0n) is 15.4. The van der Waals surface area contributed by atoms with Crippen LogP contribution in [0.3, 0.4) is 0 Å². The molecule has 4 aliphatic rings. The molecule has 25 heavy (non-hydrogen) atoms. The molecule has 0 amide bonds. The van der Waals surface area contributed by atoms with Gasteiger partial charge in [0, 0.05) is 45.7 Å². The molecule has 0 aromatic carbocycles. The van der Waals surface area contributed by atoms with Gasteiger partial charge in [0.05, 0.1) is 13.2 Å². The van der Waals surface area contributed by atoms with Crippen LogP contribution < -0.4 is 0 Å². The first-order valence-corrected chi connectivity index (χ1v) is 13.4. The summed E-state index contributed by atoms with van der Waals surface area (Å²) in [5.41, 5.74) is 0. The molecule has 0 aromatic heterocycles. The molecule has 2 heterocycles. The summed E-state index contributed by atoms with van der Waals surface area (Å²) in [6.07, 6.45) is 11.3. The average molecular weight is 403 g/mol. The van der Waals surface area contributed by atoms with Crippen LogP contribution in [0.5, 0.6) is 0 Å². The molecule has 144 valence electrons. The minimum atomic E-state index is 0.833. The van der Waals surface area contributed by atoms with Crippen molar-refractivity contribution in [2.24, 2.45) is 11.8 Å². The van der Waals surface area contributed by atoms with E-state index in [9.17, 15) is 0 Å². The van der Waals surface area contributed by atoms with Gasteiger partial charge in [-0.2, -0.15) is 35.3 Å². The van der Waals surface area contributed by atoms with Crippen molar-refractivity contribution in [3.05, 3.63) is 0 Å². The quantitative estimate of drug-likeness (QED) is 0.472. The average Bonchev–Trinajstić information content (AvgIpc) is 3.53. The topological polar surface area (TPSA) is 18.5 Å². The summed E-state index contributed by atoms with van der Waals surface area (Å²) in [4.78, 5) is 0. The van der Waals surface area contributed by atoms with Gasteiger partial charge in [0.15, 0.2) is 0 Å². The molecule has 5 heteroatoms. The Morgan fingerprint density at radius 3 is 1.36 bits per heavy atom. The second-order valence-corrected chi connectivity index (χ2v) is 12.7. The maximum absolute atomic E-state index is 5.90. The van der Waals surface area contributed by atoms with Crippen molar-refractivity contribution in [1.29, 1.82) is 0 Å². The highest BCUT2D eigenvalue weighted by molar-refractivity contribution is 8.07. The Balaban J connectivity index is 1.04. The van der Waals surface area contributed by atoms with Crippen molar-refractivity contribution in [1.82, 2.24) is 0 Å². The van der Waals surface area contributed by atoms with Crippen LogP contribution in [0.2, 0.25) is 0 Å². The van der Waals surface area contributed by atoms with E-state index in [4.69, 9.17) is 9.47 Å². The van der Waals surface area contributed by atoms with Gasteiger partial charge < -0.3 is 9.47 Å². The van der Waals surface area contributed by atoms with E-state index >= 15 is 0 Å². The van der Waals surface area contributed by atoms with E-state index in [1.165, 1.54) is 62.9 Å². The fraction of sp³-hybridized carbons (Fsp3) is 1.00. The predicted octanol–water partition coefficient (Wildman–Crippen LogP) is 5.10. The maximum Gasteiger partial charge on any atom is 0.0593 e. The first-order valence-electron chi connectivity index (χ1n) is 10.4. The van der Waals surface area contributed by atoms with Gasteiger partial charge in [-0.15, -0.1) is 0 Å². The fourth-order valence-electron chi connectivity index (χ4n) is 4.20. The molecule has 2 unspecified atom stereocenters. The molecule has 0 aromatic rings. The maximum atomic E-state index is 5.90. The molecule has 4 rings (SSSR count). The second-order valence-electron chi connectivity index (χ2n) is 8.41. The van der Waals surface area contributed by atoms with Gasteiger partial charge in [0.1, 0.15) is 0 Å². The Hall–Kier alpha value is 0.970. The van der Waals surface area contributed by atoms with E-state index in [-0.39, 0.29) is 0 Å². The number of thioether (sulfide) groups is 3. The van der Waals surface area contributed by atoms with Gasteiger partial charge in [-0.3, -0.25) is 0 Å². The zero-order chi connectivity index (χ0) is 16.9. The SMILES string of the molecule is C1CC(SC2CCC(COCC3CS3)CC2)CCC1COCC1CS1. The number of hydrogen-bond donors (Lipinski definition) is 0. The van der Waals surface area contributed by atoms with Crippen molar-refractivity contribution < 1.29 is 9.47 Å². The van der Waals surface area contributed by atoms with Crippen molar-refractivity contribution in [3.8, 4) is 0 Å². The summed E-state index contributed by atoms with van der Waals surface area (Å²) in [6, 6.07) is 0. The van der Waals surface area contributed by atoms with Crippen LogP contribution in [0.15, 0.2) is 0 Å². The molecular formula is C20H34O2S3. The summed E-state index contributed by atoms with van der Waals surface area (Å²) < 4.78 is 11.8. The van der Waals surface area contributed by atoms with Gasteiger partial charge in [0.25, 0.3) is 0 Å². The van der Waals surface area contributed by atoms with Gasteiger partial charge in [-0.25, -0.2) is 0 Å². The van der Waals surface area contributed by atoms with Crippen LogP contribution >= 0.6 is 35.3 Å². The number of rotatable bonds is 10. The summed E-state index contributed by atoms with van der Waals surface area (Å²) in [5, 5.41) is 3.53. The number of ether oxygens (including phenoxy) is 2. The van der Waals surface area contributed by atoms with Crippen LogP contribution in [0.25, 0.3) is 0 Å². The monoisotopic (exact) mass is 402 g/mol. The lowest BCUT2D eigenvalue weighted by molar-refractivity contribution is 0.0906. The van der Waals surface area contributed by atoms with E-state index in [0.29, 0.717) is 0 Å². The Morgan fingerprint density at radius 2 is 1.00 bits per heavy atom. The Morgan fingerprint density at radius 1 is 0.600 bits per heavy atom. The van der Waals surface area contributed by atoms with Gasteiger partial charge in [-0.05, 0) is 63.2 Å². The Bertz CT molecular complexity index is 348. The highest BCUT2D eigenvalue weighted by Gasteiger charge is 2.29. The highest BCUT2D eigenvalue weighted by atomic mass is 32.2. The molecule has 0 spiro atoms. The molecule has 4 fully saturated rings. The molecule has 2 nitrogen and oxygen atoms in total. The predicted molar refractivity (Wildman–Crippen MR) is 113 cm³/mol. The van der Waals surface area contributed by atoms with E-state index < -0.39 is 0 Å². The third kappa shape index (κ3) is 7.14. The van der Waals surface area contributed by atoms with Crippen molar-refractivity contribution >= 4 is 35.3 Å². The van der Waals surface area contributed by atoms with Crippen molar-refractivity contribution in [2.45, 2.75) is 72.4 Å². The third-order valence-corrected chi connectivity index (χ3v) is 9.69. The summed E-state index contributed by atoms with van der Waals surface area (Å²) in [7, 11) is 0. The lowest BCUT2D eigenvalue weighted by Crippen LogP contribution is -2.25. The van der Waals surface area contributed by atoms with E-state index in [1.807, 2.05) is 23.5 Å². The summed E-state index contributed by atoms with van der Waals surface area (Å²) >= 11 is 6.43. The lowest BCUT2D eigenvalue weighted by Gasteiger charge is -2.33. The molecule has 2 saturated carbocycles. The van der Waals surface area contributed by atoms with Crippen LogP contribution in [-0.2, 0) is 9.47 Å². The Kier molecular flexibility index (Phi) is 7.68. The Labute approximate surface area is 166 Å². The summed E-state index contributed by atoms with van der Waals surface area (Å²) in [5.74, 6) is 4.35. The molecule has 2 aliphatic carbocycles. The standard InChI is InChI=1S/C20H34O2S3/c1-5-17(6-2-15(1)9-21-11-19-13-23-19)25-18-7-3-16(4-8-18)10-22-12-20-14-24-20/h15-20H,1-14H2. The molecule has 2 saturated heterocycles. The largest absolute Gasteiger partial charge is 0.380 e. The van der Waals surface area contributed by atoms with Crippen molar-refractivity contribution in [3.63, 3.8) is 0 Å². The van der Waals surface area contributed by atoms with Gasteiger partial charge in [-0.1, -0.05) is 0 Å². The van der Waals surface area contributed by atoms with E-state index in [0.717, 1.165) is 59.3 Å². The van der Waals surface area contributed by atoms with Crippen LogP contribution in [-0.4, -0.2) is 58.9 Å². The highest BCUT2D eigenvalue weighted by Crippen LogP contribution is 2.40. The van der Waals surface area contributed by atoms with Crippen LogP contribution in [0.4, 0.5) is 0 Å². The third-order valence-electron chi connectivity index (χ3n) is 6.09. The van der Waals surface area contributed by atoms with Crippen molar-refractivity contribution in [2.75, 3.05) is 37.9 Å². The fourth-order valence-corrected chi connectivity index (χ4v) is 6.68. The van der Waals surface area contributed by atoms with Crippen LogP contribution in [0, 0.1) is 11.8 Å². The molecule has 0 radical (unpaired) electrons. The lowest BCUT2D eigenvalue weighted by atomic mass is 9.89. The van der Waals surface area contributed by atoms with Gasteiger partial charge >= 0.3 is 0 Å². The minimum absolute atomic E-state index is 0.833. The molecule has 0 bridgehead atoms. The number of hydrogen-bond acceptors (Lipinski definition) is 5.